The Morgan fingerprint density at radius 2 is 1.71 bits per heavy atom. The standard InChI is InChI=1S/C36H28FN5O5S/c37-27-20-26(40-34(43)32-36(45)42(15-14-39-32)22-23-4-2-1-3-5-23)10-11-29(27)47-30-12-13-38-28-21-31(48-33(28)30)24-6-8-25(9-7-24)35(44)41-16-18-46-19-17-41/h1-15,20-21H,16-19,22H2,(H,40,43). The summed E-state index contributed by atoms with van der Waals surface area (Å²) in [5.41, 5.74) is 2.37. The lowest BCUT2D eigenvalue weighted by molar-refractivity contribution is 0.0303. The number of benzene rings is 3. The molecule has 6 aromatic rings. The van der Waals surface area contributed by atoms with E-state index in [0.29, 0.717) is 43.1 Å². The van der Waals surface area contributed by atoms with Crippen LogP contribution in [0.4, 0.5) is 10.1 Å². The summed E-state index contributed by atoms with van der Waals surface area (Å²) in [5, 5.41) is 2.56. The quantitative estimate of drug-likeness (QED) is 0.206. The van der Waals surface area contributed by atoms with Crippen LogP contribution in [0.1, 0.15) is 26.4 Å². The minimum Gasteiger partial charge on any atom is -0.453 e. The third kappa shape index (κ3) is 6.57. The van der Waals surface area contributed by atoms with Gasteiger partial charge in [-0.05, 0) is 41.5 Å². The van der Waals surface area contributed by atoms with E-state index >= 15 is 4.39 Å². The number of hydrogen-bond acceptors (Lipinski definition) is 8. The maximum absolute atomic E-state index is 15.3. The van der Waals surface area contributed by atoms with E-state index in [0.717, 1.165) is 26.8 Å². The average Bonchev–Trinajstić information content (AvgIpc) is 3.56. The van der Waals surface area contributed by atoms with E-state index in [4.69, 9.17) is 9.47 Å². The number of thiophene rings is 1. The molecule has 48 heavy (non-hydrogen) atoms. The molecule has 0 aliphatic carbocycles. The number of hydrogen-bond donors (Lipinski definition) is 1. The Morgan fingerprint density at radius 1 is 0.917 bits per heavy atom. The lowest BCUT2D eigenvalue weighted by atomic mass is 10.1. The number of amides is 2. The molecule has 1 N–H and O–H groups in total. The fourth-order valence-electron chi connectivity index (χ4n) is 5.34. The molecule has 1 aliphatic heterocycles. The number of fused-ring (bicyclic) bond motifs is 1. The smallest absolute Gasteiger partial charge is 0.282 e. The van der Waals surface area contributed by atoms with Gasteiger partial charge in [-0.1, -0.05) is 42.5 Å². The molecule has 12 heteroatoms. The van der Waals surface area contributed by atoms with Crippen molar-refractivity contribution < 1.29 is 23.5 Å². The third-order valence-corrected chi connectivity index (χ3v) is 9.01. The number of rotatable bonds is 8. The minimum atomic E-state index is -0.754. The highest BCUT2D eigenvalue weighted by Crippen LogP contribution is 2.40. The summed E-state index contributed by atoms with van der Waals surface area (Å²) in [6.45, 7) is 2.51. The van der Waals surface area contributed by atoms with Gasteiger partial charge in [-0.3, -0.25) is 19.4 Å². The average molecular weight is 662 g/mol. The lowest BCUT2D eigenvalue weighted by Crippen LogP contribution is -2.40. The summed E-state index contributed by atoms with van der Waals surface area (Å²) in [5.74, 6) is -1.12. The zero-order chi connectivity index (χ0) is 33.0. The summed E-state index contributed by atoms with van der Waals surface area (Å²) >= 11 is 1.44. The number of nitrogens with one attached hydrogen (secondary N) is 1. The van der Waals surface area contributed by atoms with Crippen molar-refractivity contribution in [3.8, 4) is 21.9 Å². The van der Waals surface area contributed by atoms with Crippen LogP contribution in [-0.2, 0) is 11.3 Å². The van der Waals surface area contributed by atoms with Crippen LogP contribution in [0.25, 0.3) is 20.7 Å². The number of nitrogens with zero attached hydrogens (tertiary/aromatic N) is 4. The van der Waals surface area contributed by atoms with Gasteiger partial charge < -0.3 is 24.3 Å². The van der Waals surface area contributed by atoms with Crippen LogP contribution in [0, 0.1) is 5.82 Å². The summed E-state index contributed by atoms with van der Waals surface area (Å²) in [4.78, 5) is 49.9. The maximum Gasteiger partial charge on any atom is 0.282 e. The fraction of sp³-hybridized carbons (Fsp3) is 0.139. The highest BCUT2D eigenvalue weighted by molar-refractivity contribution is 7.22. The molecule has 7 rings (SSSR count). The van der Waals surface area contributed by atoms with Crippen molar-refractivity contribution in [3.63, 3.8) is 0 Å². The number of carbonyl (C=O) groups is 2. The molecule has 1 saturated heterocycles. The molecule has 0 saturated carbocycles. The van der Waals surface area contributed by atoms with Gasteiger partial charge in [0.1, 0.15) is 5.75 Å². The molecule has 240 valence electrons. The van der Waals surface area contributed by atoms with E-state index in [2.05, 4.69) is 15.3 Å². The number of aromatic nitrogens is 3. The SMILES string of the molecule is O=C(Nc1ccc(Oc2ccnc3cc(-c4ccc(C(=O)N5CCOCC5)cc4)sc23)c(F)c1)c1nccn(Cc2ccccc2)c1=O. The van der Waals surface area contributed by atoms with Gasteiger partial charge in [0.05, 0.1) is 30.0 Å². The highest BCUT2D eigenvalue weighted by Gasteiger charge is 2.20. The van der Waals surface area contributed by atoms with E-state index in [-0.39, 0.29) is 29.6 Å². The van der Waals surface area contributed by atoms with Crippen LogP contribution < -0.4 is 15.6 Å². The van der Waals surface area contributed by atoms with E-state index in [1.54, 1.807) is 17.2 Å². The van der Waals surface area contributed by atoms with Gasteiger partial charge in [0.25, 0.3) is 17.4 Å². The Labute approximate surface area is 278 Å². The summed E-state index contributed by atoms with van der Waals surface area (Å²) in [6.07, 6.45) is 4.48. The Morgan fingerprint density at radius 3 is 2.48 bits per heavy atom. The highest BCUT2D eigenvalue weighted by atomic mass is 32.1. The van der Waals surface area contributed by atoms with Gasteiger partial charge in [-0.15, -0.1) is 11.3 Å². The van der Waals surface area contributed by atoms with Crippen molar-refractivity contribution in [2.75, 3.05) is 31.6 Å². The minimum absolute atomic E-state index is 0.0231. The predicted molar refractivity (Wildman–Crippen MR) is 180 cm³/mol. The molecule has 10 nitrogen and oxygen atoms in total. The van der Waals surface area contributed by atoms with Gasteiger partial charge in [0, 0.05) is 59.9 Å². The van der Waals surface area contributed by atoms with Crippen LogP contribution in [0.3, 0.4) is 0 Å². The molecule has 0 atom stereocenters. The van der Waals surface area contributed by atoms with Gasteiger partial charge in [0.2, 0.25) is 0 Å². The van der Waals surface area contributed by atoms with Crippen LogP contribution in [-0.4, -0.2) is 57.6 Å². The monoisotopic (exact) mass is 661 g/mol. The molecule has 0 spiro atoms. The number of ether oxygens (including phenoxy) is 2. The molecule has 1 fully saturated rings. The molecule has 3 aromatic carbocycles. The molecule has 0 unspecified atom stereocenters. The van der Waals surface area contributed by atoms with Crippen molar-refractivity contribution in [2.45, 2.75) is 6.54 Å². The first kappa shape index (κ1) is 30.9. The Hall–Kier alpha value is -5.72. The van der Waals surface area contributed by atoms with Gasteiger partial charge >= 0.3 is 0 Å². The molecule has 3 aromatic heterocycles. The number of pyridine rings is 1. The van der Waals surface area contributed by atoms with E-state index in [1.807, 2.05) is 60.7 Å². The normalized spacial score (nSPS) is 13.0. The van der Waals surface area contributed by atoms with E-state index < -0.39 is 17.3 Å². The maximum atomic E-state index is 15.3. The van der Waals surface area contributed by atoms with Crippen molar-refractivity contribution >= 4 is 39.1 Å². The number of anilines is 1. The zero-order valence-electron chi connectivity index (χ0n) is 25.5. The first-order chi connectivity index (χ1) is 23.4. The molecular formula is C36H28FN5O5S. The Kier molecular flexibility index (Phi) is 8.73. The molecule has 2 amide bonds. The Bertz CT molecular complexity index is 2180. The summed E-state index contributed by atoms with van der Waals surface area (Å²) in [6, 6.07) is 24.4. The van der Waals surface area contributed by atoms with Crippen molar-refractivity contribution in [3.05, 3.63) is 137 Å². The molecule has 0 bridgehead atoms. The van der Waals surface area contributed by atoms with Crippen molar-refractivity contribution in [2.24, 2.45) is 0 Å². The molecule has 4 heterocycles. The van der Waals surface area contributed by atoms with Gasteiger partial charge in [-0.25, -0.2) is 9.37 Å². The third-order valence-electron chi connectivity index (χ3n) is 7.82. The topological polar surface area (TPSA) is 116 Å². The second-order valence-corrected chi connectivity index (χ2v) is 12.1. The second kappa shape index (κ2) is 13.6. The number of carbonyl (C=O) groups excluding carboxylic acids is 2. The van der Waals surface area contributed by atoms with Crippen molar-refractivity contribution in [1.82, 2.24) is 19.4 Å². The van der Waals surface area contributed by atoms with Crippen LogP contribution in [0.15, 0.2) is 108 Å². The zero-order valence-corrected chi connectivity index (χ0v) is 26.3. The fourth-order valence-corrected chi connectivity index (χ4v) is 6.41. The van der Waals surface area contributed by atoms with Crippen LogP contribution in [0.2, 0.25) is 0 Å². The van der Waals surface area contributed by atoms with Crippen molar-refractivity contribution in [1.29, 1.82) is 0 Å². The van der Waals surface area contributed by atoms with Gasteiger partial charge in [0.15, 0.2) is 17.3 Å². The molecule has 0 radical (unpaired) electrons. The molecular weight excluding hydrogens is 633 g/mol. The lowest BCUT2D eigenvalue weighted by Gasteiger charge is -2.26. The Balaban J connectivity index is 1.05. The second-order valence-electron chi connectivity index (χ2n) is 11.0. The van der Waals surface area contributed by atoms with Crippen LogP contribution in [0.5, 0.6) is 11.5 Å². The summed E-state index contributed by atoms with van der Waals surface area (Å²) < 4.78 is 28.7. The molecule has 1 aliphatic rings. The van der Waals surface area contributed by atoms with E-state index in [9.17, 15) is 14.4 Å². The number of halogens is 1. The first-order valence-electron chi connectivity index (χ1n) is 15.2. The first-order valence-corrected chi connectivity index (χ1v) is 16.0. The van der Waals surface area contributed by atoms with Crippen LogP contribution >= 0.6 is 11.3 Å². The predicted octanol–water partition coefficient (Wildman–Crippen LogP) is 6.22. The number of morpholine rings is 1. The largest absolute Gasteiger partial charge is 0.453 e. The van der Waals surface area contributed by atoms with E-state index in [1.165, 1.54) is 40.4 Å². The summed E-state index contributed by atoms with van der Waals surface area (Å²) in [7, 11) is 0. The van der Waals surface area contributed by atoms with Gasteiger partial charge in [-0.2, -0.15) is 0 Å².